The minimum Gasteiger partial charge on any atom is -0.464 e. The predicted molar refractivity (Wildman–Crippen MR) is 85.5 cm³/mol. The second-order valence-corrected chi connectivity index (χ2v) is 5.09. The molecule has 6 heteroatoms. The summed E-state index contributed by atoms with van der Waals surface area (Å²) in [5.41, 5.74) is 2.26. The van der Waals surface area contributed by atoms with Crippen molar-refractivity contribution in [1.29, 1.82) is 0 Å². The fourth-order valence-electron chi connectivity index (χ4n) is 2.56. The molecule has 0 aliphatic rings. The molecule has 0 atom stereocenters. The number of rotatable bonds is 4. The number of benzene rings is 2. The highest BCUT2D eigenvalue weighted by molar-refractivity contribution is 5.95. The number of hydrogen-bond donors (Lipinski definition) is 0. The van der Waals surface area contributed by atoms with Gasteiger partial charge >= 0.3 is 5.97 Å². The molecule has 0 bridgehead atoms. The average Bonchev–Trinajstić information content (AvgIpc) is 2.93. The number of non-ortho nitro benzene ring substituents is 1. The quantitative estimate of drug-likeness (QED) is 0.420. The van der Waals surface area contributed by atoms with Crippen LogP contribution in [0, 0.1) is 10.1 Å². The fraction of sp³-hybridized carbons (Fsp3) is 0.118. The molecule has 0 spiro atoms. The second-order valence-electron chi connectivity index (χ2n) is 5.09. The van der Waals surface area contributed by atoms with E-state index in [1.807, 2.05) is 28.8 Å². The highest BCUT2D eigenvalue weighted by Crippen LogP contribution is 2.22. The lowest BCUT2D eigenvalue weighted by Crippen LogP contribution is -2.11. The average molecular weight is 310 g/mol. The topological polar surface area (TPSA) is 74.4 Å². The van der Waals surface area contributed by atoms with E-state index in [4.69, 9.17) is 4.74 Å². The number of carbonyl (C=O) groups excluding carboxylic acids is 1. The van der Waals surface area contributed by atoms with Gasteiger partial charge in [-0.05, 0) is 17.7 Å². The van der Waals surface area contributed by atoms with E-state index in [-0.39, 0.29) is 5.69 Å². The Kier molecular flexibility index (Phi) is 3.80. The highest BCUT2D eigenvalue weighted by atomic mass is 16.6. The van der Waals surface area contributed by atoms with Gasteiger partial charge in [-0.2, -0.15) is 0 Å². The molecule has 3 aromatic rings. The zero-order valence-corrected chi connectivity index (χ0v) is 12.4. The number of nitro benzene ring substituents is 1. The van der Waals surface area contributed by atoms with Gasteiger partial charge in [-0.3, -0.25) is 10.1 Å². The van der Waals surface area contributed by atoms with Gasteiger partial charge in [-0.25, -0.2) is 4.79 Å². The van der Waals surface area contributed by atoms with Crippen LogP contribution in [0.5, 0.6) is 0 Å². The Labute approximate surface area is 132 Å². The first-order valence-electron chi connectivity index (χ1n) is 7.00. The molecule has 0 aliphatic carbocycles. The summed E-state index contributed by atoms with van der Waals surface area (Å²) in [4.78, 5) is 22.3. The van der Waals surface area contributed by atoms with Crippen LogP contribution in [0.15, 0.2) is 54.6 Å². The number of fused-ring (bicyclic) bond motifs is 1. The van der Waals surface area contributed by atoms with Gasteiger partial charge in [0.25, 0.3) is 5.69 Å². The van der Waals surface area contributed by atoms with Gasteiger partial charge in [-0.15, -0.1) is 0 Å². The molecule has 3 rings (SSSR count). The number of aromatic nitrogens is 1. The molecule has 0 aliphatic heterocycles. The van der Waals surface area contributed by atoms with Gasteiger partial charge in [-0.1, -0.05) is 30.3 Å². The molecule has 1 aromatic heterocycles. The van der Waals surface area contributed by atoms with Crippen LogP contribution >= 0.6 is 0 Å². The molecule has 0 radical (unpaired) electrons. The molecule has 1 heterocycles. The molecule has 0 saturated carbocycles. The predicted octanol–water partition coefficient (Wildman–Crippen LogP) is 3.38. The Morgan fingerprint density at radius 1 is 1.17 bits per heavy atom. The minimum atomic E-state index is -0.436. The normalized spacial score (nSPS) is 10.7. The first-order chi connectivity index (χ1) is 11.1. The smallest absolute Gasteiger partial charge is 0.354 e. The monoisotopic (exact) mass is 310 g/mol. The standard InChI is InChI=1S/C17H14N2O4/c1-23-17(20)16-10-13-4-2-3-5-15(13)18(16)11-12-6-8-14(9-7-12)19(21)22/h2-10H,11H2,1H3. The van der Waals surface area contributed by atoms with Crippen LogP contribution in [-0.4, -0.2) is 22.6 Å². The molecule has 6 nitrogen and oxygen atoms in total. The van der Waals surface area contributed by atoms with Crippen LogP contribution in [-0.2, 0) is 11.3 Å². The van der Waals surface area contributed by atoms with Crippen molar-refractivity contribution in [3.05, 3.63) is 76.0 Å². The maximum absolute atomic E-state index is 12.0. The summed E-state index contributed by atoms with van der Waals surface area (Å²) in [7, 11) is 1.34. The molecule has 2 aromatic carbocycles. The molecule has 116 valence electrons. The van der Waals surface area contributed by atoms with E-state index in [2.05, 4.69) is 0 Å². The summed E-state index contributed by atoms with van der Waals surface area (Å²) in [6, 6.07) is 15.7. The number of nitrogens with zero attached hydrogens (tertiary/aromatic N) is 2. The van der Waals surface area contributed by atoms with Crippen molar-refractivity contribution in [3.63, 3.8) is 0 Å². The van der Waals surface area contributed by atoms with Crippen LogP contribution < -0.4 is 0 Å². The number of nitro groups is 1. The van der Waals surface area contributed by atoms with Gasteiger partial charge < -0.3 is 9.30 Å². The van der Waals surface area contributed by atoms with Crippen LogP contribution in [0.2, 0.25) is 0 Å². The summed E-state index contributed by atoms with van der Waals surface area (Å²) in [6.07, 6.45) is 0. The number of carbonyl (C=O) groups is 1. The zero-order chi connectivity index (χ0) is 16.4. The zero-order valence-electron chi connectivity index (χ0n) is 12.4. The third-order valence-corrected chi connectivity index (χ3v) is 3.69. The molecule has 0 saturated heterocycles. The van der Waals surface area contributed by atoms with Gasteiger partial charge in [0.1, 0.15) is 5.69 Å². The van der Waals surface area contributed by atoms with Crippen LogP contribution in [0.25, 0.3) is 10.9 Å². The van der Waals surface area contributed by atoms with Gasteiger partial charge in [0.2, 0.25) is 0 Å². The lowest BCUT2D eigenvalue weighted by molar-refractivity contribution is -0.384. The summed E-state index contributed by atoms with van der Waals surface area (Å²) in [5, 5.41) is 11.7. The first kappa shape index (κ1) is 14.8. The summed E-state index contributed by atoms with van der Waals surface area (Å²) in [6.45, 7) is 0.427. The van der Waals surface area contributed by atoms with E-state index in [0.29, 0.717) is 12.2 Å². The van der Waals surface area contributed by atoms with E-state index in [1.165, 1.54) is 19.2 Å². The third-order valence-electron chi connectivity index (χ3n) is 3.69. The fourth-order valence-corrected chi connectivity index (χ4v) is 2.56. The Balaban J connectivity index is 2.04. The molecule has 0 amide bonds. The third kappa shape index (κ3) is 2.78. The van der Waals surface area contributed by atoms with E-state index >= 15 is 0 Å². The SMILES string of the molecule is COC(=O)c1cc2ccccc2n1Cc1ccc([N+](=O)[O-])cc1. The number of methoxy groups -OCH3 is 1. The van der Waals surface area contributed by atoms with Crippen molar-refractivity contribution < 1.29 is 14.5 Å². The lowest BCUT2D eigenvalue weighted by Gasteiger charge is -2.09. The molecule has 0 unspecified atom stereocenters. The van der Waals surface area contributed by atoms with E-state index in [0.717, 1.165) is 16.5 Å². The molecular weight excluding hydrogens is 296 g/mol. The summed E-state index contributed by atoms with van der Waals surface area (Å²) < 4.78 is 6.70. The van der Waals surface area contributed by atoms with Crippen LogP contribution in [0.4, 0.5) is 5.69 Å². The first-order valence-corrected chi connectivity index (χ1v) is 7.00. The number of para-hydroxylation sites is 1. The van der Waals surface area contributed by atoms with E-state index < -0.39 is 10.9 Å². The maximum Gasteiger partial charge on any atom is 0.354 e. The van der Waals surface area contributed by atoms with Crippen molar-refractivity contribution in [1.82, 2.24) is 4.57 Å². The second kappa shape index (κ2) is 5.92. The Morgan fingerprint density at radius 2 is 1.87 bits per heavy atom. The number of ether oxygens (including phenoxy) is 1. The van der Waals surface area contributed by atoms with Crippen molar-refractivity contribution in [2.75, 3.05) is 7.11 Å². The summed E-state index contributed by atoms with van der Waals surface area (Å²) in [5.74, 6) is -0.414. The van der Waals surface area contributed by atoms with Crippen LogP contribution in [0.3, 0.4) is 0 Å². The number of hydrogen-bond acceptors (Lipinski definition) is 4. The minimum absolute atomic E-state index is 0.0410. The lowest BCUT2D eigenvalue weighted by atomic mass is 10.2. The molecule has 0 N–H and O–H groups in total. The molecule has 23 heavy (non-hydrogen) atoms. The highest BCUT2D eigenvalue weighted by Gasteiger charge is 2.16. The van der Waals surface area contributed by atoms with E-state index in [9.17, 15) is 14.9 Å². The Bertz CT molecular complexity index is 881. The van der Waals surface area contributed by atoms with Crippen molar-refractivity contribution in [3.8, 4) is 0 Å². The van der Waals surface area contributed by atoms with Gasteiger partial charge in [0.15, 0.2) is 0 Å². The Hall–Kier alpha value is -3.15. The van der Waals surface area contributed by atoms with Crippen molar-refractivity contribution in [2.24, 2.45) is 0 Å². The van der Waals surface area contributed by atoms with Crippen LogP contribution in [0.1, 0.15) is 16.1 Å². The Morgan fingerprint density at radius 3 is 2.52 bits per heavy atom. The number of esters is 1. The molecule has 0 fully saturated rings. The van der Waals surface area contributed by atoms with Crippen molar-refractivity contribution in [2.45, 2.75) is 6.54 Å². The van der Waals surface area contributed by atoms with Gasteiger partial charge in [0, 0.05) is 29.6 Å². The largest absolute Gasteiger partial charge is 0.464 e. The summed E-state index contributed by atoms with van der Waals surface area (Å²) >= 11 is 0. The van der Waals surface area contributed by atoms with Crippen molar-refractivity contribution >= 4 is 22.6 Å². The van der Waals surface area contributed by atoms with E-state index in [1.54, 1.807) is 18.2 Å². The van der Waals surface area contributed by atoms with Gasteiger partial charge in [0.05, 0.1) is 12.0 Å². The molecular formula is C17H14N2O4. The maximum atomic E-state index is 12.0.